The molecule has 0 radical (unpaired) electrons. The monoisotopic (exact) mass is 501 g/mol. The van der Waals surface area contributed by atoms with Gasteiger partial charge in [0.1, 0.15) is 6.04 Å². The van der Waals surface area contributed by atoms with Crippen molar-refractivity contribution >= 4 is 27.5 Å². The molecule has 0 saturated carbocycles. The van der Waals surface area contributed by atoms with E-state index < -0.39 is 16.1 Å². The van der Waals surface area contributed by atoms with Crippen LogP contribution in [0.25, 0.3) is 0 Å². The summed E-state index contributed by atoms with van der Waals surface area (Å²) in [7, 11) is -3.52. The van der Waals surface area contributed by atoms with E-state index in [0.29, 0.717) is 25.2 Å². The average molecular weight is 502 g/mol. The highest BCUT2D eigenvalue weighted by atomic mass is 32.2. The molecule has 0 aromatic heterocycles. The summed E-state index contributed by atoms with van der Waals surface area (Å²) in [6, 6.07) is 14.5. The third kappa shape index (κ3) is 8.38. The number of anilines is 1. The molecule has 1 N–H and O–H groups in total. The summed E-state index contributed by atoms with van der Waals surface area (Å²) in [5.74, 6) is -0.364. The Balaban J connectivity index is 2.15. The van der Waals surface area contributed by atoms with Crippen LogP contribution in [0.5, 0.6) is 0 Å². The van der Waals surface area contributed by atoms with E-state index in [0.717, 1.165) is 29.5 Å². The highest BCUT2D eigenvalue weighted by Crippen LogP contribution is 2.25. The second-order valence-corrected chi connectivity index (χ2v) is 10.9. The molecule has 0 bridgehead atoms. The molecular formula is C27H39N3O4S. The highest BCUT2D eigenvalue weighted by Gasteiger charge is 2.26. The number of carbonyl (C=O) groups excluding carboxylic acids is 2. The smallest absolute Gasteiger partial charge is 0.242 e. The molecule has 0 aliphatic carbocycles. The predicted molar refractivity (Wildman–Crippen MR) is 142 cm³/mol. The zero-order valence-electron chi connectivity index (χ0n) is 21.6. The second-order valence-electron chi connectivity index (χ2n) is 8.99. The number of amides is 2. The summed E-state index contributed by atoms with van der Waals surface area (Å²) in [6.45, 7) is 8.71. The van der Waals surface area contributed by atoms with Crippen molar-refractivity contribution < 1.29 is 18.0 Å². The van der Waals surface area contributed by atoms with Crippen LogP contribution in [0.3, 0.4) is 0 Å². The molecule has 2 aromatic rings. The second kappa shape index (κ2) is 13.3. The molecule has 0 heterocycles. The van der Waals surface area contributed by atoms with Crippen molar-refractivity contribution in [1.29, 1.82) is 0 Å². The fraction of sp³-hybridized carbons (Fsp3) is 0.481. The predicted octanol–water partition coefficient (Wildman–Crippen LogP) is 4.18. The van der Waals surface area contributed by atoms with Gasteiger partial charge in [-0.1, -0.05) is 55.8 Å². The van der Waals surface area contributed by atoms with Gasteiger partial charge in [-0.25, -0.2) is 8.42 Å². The zero-order valence-corrected chi connectivity index (χ0v) is 22.4. The van der Waals surface area contributed by atoms with Crippen LogP contribution in [-0.4, -0.2) is 50.5 Å². The lowest BCUT2D eigenvalue weighted by atomic mass is 10.1. The van der Waals surface area contributed by atoms with Crippen LogP contribution < -0.4 is 9.62 Å². The lowest BCUT2D eigenvalue weighted by Gasteiger charge is -2.29. The minimum Gasteiger partial charge on any atom is -0.354 e. The summed E-state index contributed by atoms with van der Waals surface area (Å²) in [5, 5.41) is 2.91. The molecule has 0 spiro atoms. The molecule has 2 aromatic carbocycles. The lowest BCUT2D eigenvalue weighted by molar-refractivity contribution is -0.140. The van der Waals surface area contributed by atoms with Gasteiger partial charge >= 0.3 is 0 Å². The molecule has 192 valence electrons. The van der Waals surface area contributed by atoms with E-state index in [-0.39, 0.29) is 24.8 Å². The first-order valence-electron chi connectivity index (χ1n) is 12.2. The summed E-state index contributed by atoms with van der Waals surface area (Å²) in [6.07, 6.45) is 3.51. The van der Waals surface area contributed by atoms with Gasteiger partial charge in [0.15, 0.2) is 0 Å². The van der Waals surface area contributed by atoms with E-state index in [4.69, 9.17) is 0 Å². The zero-order chi connectivity index (χ0) is 26.0. The molecule has 8 heteroatoms. The topological polar surface area (TPSA) is 86.8 Å². The molecule has 1 unspecified atom stereocenters. The van der Waals surface area contributed by atoms with Crippen LogP contribution in [0, 0.1) is 13.8 Å². The van der Waals surface area contributed by atoms with Crippen LogP contribution in [0.1, 0.15) is 56.2 Å². The molecule has 1 atom stereocenters. The fourth-order valence-electron chi connectivity index (χ4n) is 3.89. The molecular weight excluding hydrogens is 462 g/mol. The number of nitrogens with zero attached hydrogens (tertiary/aromatic N) is 2. The number of unbranched alkanes of at least 4 members (excludes halogenated alkanes) is 1. The number of aryl methyl sites for hydroxylation is 1. The maximum absolute atomic E-state index is 13.3. The van der Waals surface area contributed by atoms with E-state index >= 15 is 0 Å². The Morgan fingerprint density at radius 2 is 1.69 bits per heavy atom. The van der Waals surface area contributed by atoms with Gasteiger partial charge in [-0.15, -0.1) is 0 Å². The van der Waals surface area contributed by atoms with Crippen molar-refractivity contribution in [3.63, 3.8) is 0 Å². The normalized spacial score (nSPS) is 12.1. The van der Waals surface area contributed by atoms with Gasteiger partial charge in [0.05, 0.1) is 11.9 Å². The van der Waals surface area contributed by atoms with Gasteiger partial charge in [0.2, 0.25) is 21.8 Å². The summed E-state index contributed by atoms with van der Waals surface area (Å²) in [4.78, 5) is 27.6. The Hall–Kier alpha value is -2.87. The first-order chi connectivity index (χ1) is 16.6. The number of carbonyl (C=O) groups is 2. The largest absolute Gasteiger partial charge is 0.354 e. The maximum atomic E-state index is 13.3. The highest BCUT2D eigenvalue weighted by molar-refractivity contribution is 7.92. The Morgan fingerprint density at radius 1 is 1.00 bits per heavy atom. The van der Waals surface area contributed by atoms with Crippen LogP contribution in [-0.2, 0) is 26.2 Å². The fourth-order valence-corrected chi connectivity index (χ4v) is 4.90. The molecule has 0 aliphatic heterocycles. The Bertz CT molecular complexity index is 1090. The first-order valence-corrected chi connectivity index (χ1v) is 14.1. The Kier molecular flexibility index (Phi) is 10.8. The van der Waals surface area contributed by atoms with E-state index in [1.54, 1.807) is 17.9 Å². The number of rotatable bonds is 13. The van der Waals surface area contributed by atoms with Crippen LogP contribution in [0.4, 0.5) is 5.69 Å². The summed E-state index contributed by atoms with van der Waals surface area (Å²) >= 11 is 0. The molecule has 2 rings (SSSR count). The molecule has 2 amide bonds. The van der Waals surface area contributed by atoms with Gasteiger partial charge < -0.3 is 10.2 Å². The van der Waals surface area contributed by atoms with Gasteiger partial charge in [-0.3, -0.25) is 13.9 Å². The quantitative estimate of drug-likeness (QED) is 0.417. The molecule has 0 aliphatic rings. The Morgan fingerprint density at radius 3 is 2.31 bits per heavy atom. The van der Waals surface area contributed by atoms with Crippen molar-refractivity contribution in [2.24, 2.45) is 0 Å². The first kappa shape index (κ1) is 28.4. The van der Waals surface area contributed by atoms with Gasteiger partial charge in [0, 0.05) is 26.1 Å². The minimum absolute atomic E-state index is 0.135. The molecule has 7 nitrogen and oxygen atoms in total. The van der Waals surface area contributed by atoms with Gasteiger partial charge in [0.25, 0.3) is 0 Å². The van der Waals surface area contributed by atoms with E-state index in [9.17, 15) is 18.0 Å². The Labute approximate surface area is 210 Å². The van der Waals surface area contributed by atoms with Crippen molar-refractivity contribution in [2.45, 2.75) is 66.0 Å². The molecule has 35 heavy (non-hydrogen) atoms. The van der Waals surface area contributed by atoms with Gasteiger partial charge in [-0.05, 0) is 56.4 Å². The standard InChI is InChI=1S/C27H39N3O4S/c1-6-7-18-28-27(32)23(4)29(20-24-14-9-8-10-15-24)26(31)17-12-19-30(35(5,33)34)25-16-11-13-21(2)22(25)3/h8-11,13-16,23H,6-7,12,17-20H2,1-5H3,(H,28,32). The number of sulfonamides is 1. The maximum Gasteiger partial charge on any atom is 0.242 e. The third-order valence-electron chi connectivity index (χ3n) is 6.19. The van der Waals surface area contributed by atoms with Crippen molar-refractivity contribution in [1.82, 2.24) is 10.2 Å². The summed E-state index contributed by atoms with van der Waals surface area (Å²) < 4.78 is 26.5. The number of benzene rings is 2. The van der Waals surface area contributed by atoms with Crippen molar-refractivity contribution in [2.75, 3.05) is 23.7 Å². The van der Waals surface area contributed by atoms with E-state index in [2.05, 4.69) is 12.2 Å². The van der Waals surface area contributed by atoms with Crippen molar-refractivity contribution in [3.05, 3.63) is 65.2 Å². The van der Waals surface area contributed by atoms with Gasteiger partial charge in [-0.2, -0.15) is 0 Å². The minimum atomic E-state index is -3.52. The van der Waals surface area contributed by atoms with Crippen molar-refractivity contribution in [3.8, 4) is 0 Å². The van der Waals surface area contributed by atoms with E-state index in [1.807, 2.05) is 56.3 Å². The van der Waals surface area contributed by atoms with Crippen LogP contribution in [0.15, 0.2) is 48.5 Å². The number of nitrogens with one attached hydrogen (secondary N) is 1. The van der Waals surface area contributed by atoms with E-state index in [1.165, 1.54) is 10.6 Å². The van der Waals surface area contributed by atoms with Crippen LogP contribution >= 0.6 is 0 Å². The number of hydrogen-bond acceptors (Lipinski definition) is 4. The molecule has 0 fully saturated rings. The van der Waals surface area contributed by atoms with Crippen LogP contribution in [0.2, 0.25) is 0 Å². The number of hydrogen-bond donors (Lipinski definition) is 1. The SMILES string of the molecule is CCCCNC(=O)C(C)N(Cc1ccccc1)C(=O)CCCN(c1cccc(C)c1C)S(C)(=O)=O. The molecule has 0 saturated heterocycles. The third-order valence-corrected chi connectivity index (χ3v) is 7.37. The average Bonchev–Trinajstić information content (AvgIpc) is 2.82. The summed E-state index contributed by atoms with van der Waals surface area (Å²) in [5.41, 5.74) is 3.46. The lowest BCUT2D eigenvalue weighted by Crippen LogP contribution is -2.48.